The van der Waals surface area contributed by atoms with Crippen molar-refractivity contribution in [2.45, 2.75) is 6.17 Å². The highest BCUT2D eigenvalue weighted by atomic mass is 16.3. The number of hydrogen-bond donors (Lipinski definition) is 1. The lowest BCUT2D eigenvalue weighted by atomic mass is 10.0. The molecule has 0 spiro atoms. The third-order valence-corrected chi connectivity index (χ3v) is 10.8. The molecule has 0 amide bonds. The van der Waals surface area contributed by atoms with E-state index in [-0.39, 0.29) is 6.17 Å². The van der Waals surface area contributed by atoms with Crippen LogP contribution in [0.15, 0.2) is 197 Å². The molecule has 4 heteroatoms. The minimum Gasteiger partial charge on any atom is -0.456 e. The van der Waals surface area contributed by atoms with Crippen LogP contribution in [-0.2, 0) is 0 Å². The first-order chi connectivity index (χ1) is 26.8. The Bertz CT molecular complexity index is 3080. The number of furan rings is 1. The lowest BCUT2D eigenvalue weighted by Gasteiger charge is -2.23. The van der Waals surface area contributed by atoms with E-state index in [4.69, 9.17) is 9.41 Å². The molecule has 1 atom stereocenters. The highest BCUT2D eigenvalue weighted by molar-refractivity contribution is 6.12. The van der Waals surface area contributed by atoms with E-state index in [1.165, 1.54) is 33.0 Å². The van der Waals surface area contributed by atoms with Gasteiger partial charge in [-0.2, -0.15) is 0 Å². The summed E-state index contributed by atoms with van der Waals surface area (Å²) in [6.45, 7) is 0. The van der Waals surface area contributed by atoms with Gasteiger partial charge in [0.1, 0.15) is 17.3 Å². The molecule has 8 aromatic carbocycles. The molecule has 1 unspecified atom stereocenters. The van der Waals surface area contributed by atoms with Crippen molar-refractivity contribution in [2.75, 3.05) is 0 Å². The van der Waals surface area contributed by atoms with Crippen LogP contribution < -0.4 is 15.9 Å². The van der Waals surface area contributed by atoms with Crippen LogP contribution in [0.2, 0.25) is 0 Å². The van der Waals surface area contributed by atoms with Crippen molar-refractivity contribution < 1.29 is 4.42 Å². The summed E-state index contributed by atoms with van der Waals surface area (Å²) in [5.74, 6) is 0. The number of para-hydroxylation sites is 1. The number of nitrogens with one attached hydrogen (secondary N) is 1. The van der Waals surface area contributed by atoms with Crippen LogP contribution in [0.1, 0.15) is 17.3 Å². The Kier molecular flexibility index (Phi) is 6.89. The molecule has 0 fully saturated rings. The third-order valence-electron chi connectivity index (χ3n) is 10.8. The van der Waals surface area contributed by atoms with Crippen LogP contribution >= 0.6 is 0 Å². The minimum absolute atomic E-state index is 0.283. The smallest absolute Gasteiger partial charge is 0.146 e. The molecule has 11 rings (SSSR count). The van der Waals surface area contributed by atoms with Crippen molar-refractivity contribution in [3.8, 4) is 27.9 Å². The molecule has 1 N–H and O–H groups in total. The summed E-state index contributed by atoms with van der Waals surface area (Å²) in [4.78, 5) is 5.23. The predicted molar refractivity (Wildman–Crippen MR) is 221 cm³/mol. The standard InChI is InChI=1S/C50H33N3O/c1-4-13-32(14-5-1)35-23-27-44-41(29-35)42-30-36(33-15-6-2-7-16-33)24-28-45(42)53(44)37-25-26-39-47(31-37)54-46-22-12-20-40(48(39)46)50-51-43-21-11-10-19-38(43)49(52-50)34-17-8-3-9-18-34/h1-31,50,52H. The SMILES string of the molecule is c1ccc(C2=c3ccccc3=NC(c3cccc4oc5cc(-n6c7ccc(-c8ccccc8)cc7c7cc(-c8ccccc8)ccc76)ccc5c34)N2)cc1. The van der Waals surface area contributed by atoms with Crippen LogP contribution in [-0.4, -0.2) is 4.57 Å². The van der Waals surface area contributed by atoms with E-state index >= 15 is 0 Å². The summed E-state index contributed by atoms with van der Waals surface area (Å²) in [7, 11) is 0. The molecule has 3 heterocycles. The Morgan fingerprint density at radius 1 is 0.463 bits per heavy atom. The summed E-state index contributed by atoms with van der Waals surface area (Å²) in [5.41, 5.74) is 13.1. The van der Waals surface area contributed by atoms with E-state index in [0.29, 0.717) is 0 Å². The van der Waals surface area contributed by atoms with Crippen LogP contribution in [0.4, 0.5) is 0 Å². The topological polar surface area (TPSA) is 42.5 Å². The Hall–Kier alpha value is -7.17. The van der Waals surface area contributed by atoms with Gasteiger partial charge in [-0.05, 0) is 76.3 Å². The Morgan fingerprint density at radius 3 is 1.74 bits per heavy atom. The van der Waals surface area contributed by atoms with Gasteiger partial charge in [-0.3, -0.25) is 4.99 Å². The molecule has 0 saturated carbocycles. The van der Waals surface area contributed by atoms with Crippen LogP contribution in [0.3, 0.4) is 0 Å². The second kappa shape index (κ2) is 12.2. The zero-order valence-corrected chi connectivity index (χ0v) is 29.3. The van der Waals surface area contributed by atoms with E-state index in [1.54, 1.807) is 0 Å². The number of hydrogen-bond acceptors (Lipinski definition) is 3. The molecule has 0 aliphatic carbocycles. The minimum atomic E-state index is -0.283. The normalized spacial score (nSPS) is 14.0. The first kappa shape index (κ1) is 30.5. The maximum atomic E-state index is 6.69. The highest BCUT2D eigenvalue weighted by Crippen LogP contribution is 2.40. The van der Waals surface area contributed by atoms with Crippen molar-refractivity contribution in [3.05, 3.63) is 210 Å². The second-order valence-electron chi connectivity index (χ2n) is 14.0. The second-order valence-corrected chi connectivity index (χ2v) is 14.0. The van der Waals surface area contributed by atoms with Gasteiger partial charge in [0.25, 0.3) is 0 Å². The Balaban J connectivity index is 1.08. The largest absolute Gasteiger partial charge is 0.456 e. The highest BCUT2D eigenvalue weighted by Gasteiger charge is 2.23. The number of benzene rings is 8. The lowest BCUT2D eigenvalue weighted by Crippen LogP contribution is -2.39. The van der Waals surface area contributed by atoms with Gasteiger partial charge < -0.3 is 14.3 Å². The number of aromatic nitrogens is 1. The Labute approximate surface area is 311 Å². The summed E-state index contributed by atoms with van der Waals surface area (Å²) < 4.78 is 9.06. The van der Waals surface area contributed by atoms with E-state index in [9.17, 15) is 0 Å². The fourth-order valence-electron chi connectivity index (χ4n) is 8.30. The molecule has 2 aromatic heterocycles. The molecular formula is C50H33N3O. The average molecular weight is 692 g/mol. The fraction of sp³-hybridized carbons (Fsp3) is 0.0200. The maximum Gasteiger partial charge on any atom is 0.146 e. The molecule has 10 aromatic rings. The summed E-state index contributed by atoms with van der Waals surface area (Å²) >= 11 is 0. The zero-order valence-electron chi connectivity index (χ0n) is 29.3. The van der Waals surface area contributed by atoms with Crippen molar-refractivity contribution >= 4 is 49.4 Å². The first-order valence-electron chi connectivity index (χ1n) is 18.4. The van der Waals surface area contributed by atoms with Crippen molar-refractivity contribution in [1.82, 2.24) is 9.88 Å². The van der Waals surface area contributed by atoms with Gasteiger partial charge >= 0.3 is 0 Å². The van der Waals surface area contributed by atoms with Gasteiger partial charge in [-0.15, -0.1) is 0 Å². The molecule has 4 nitrogen and oxygen atoms in total. The van der Waals surface area contributed by atoms with Crippen molar-refractivity contribution in [3.63, 3.8) is 0 Å². The summed E-state index contributed by atoms with van der Waals surface area (Å²) in [6, 6.07) is 66.7. The van der Waals surface area contributed by atoms with Crippen molar-refractivity contribution in [2.24, 2.45) is 4.99 Å². The average Bonchev–Trinajstić information content (AvgIpc) is 3.79. The van der Waals surface area contributed by atoms with E-state index in [0.717, 1.165) is 66.1 Å². The van der Waals surface area contributed by atoms with E-state index in [2.05, 4.69) is 198 Å². The van der Waals surface area contributed by atoms with Crippen LogP contribution in [0.25, 0.3) is 77.4 Å². The first-order valence-corrected chi connectivity index (χ1v) is 18.4. The number of nitrogens with zero attached hydrogens (tertiary/aromatic N) is 2. The van der Waals surface area contributed by atoms with Crippen LogP contribution in [0.5, 0.6) is 0 Å². The quantitative estimate of drug-likeness (QED) is 0.195. The van der Waals surface area contributed by atoms with Gasteiger partial charge in [0.15, 0.2) is 0 Å². The zero-order chi connectivity index (χ0) is 35.6. The predicted octanol–water partition coefficient (Wildman–Crippen LogP) is 11.1. The number of rotatable bonds is 5. The molecule has 1 aliphatic rings. The van der Waals surface area contributed by atoms with Gasteiger partial charge in [-0.1, -0.05) is 133 Å². The summed E-state index contributed by atoms with van der Waals surface area (Å²) in [5, 5.41) is 10.5. The monoisotopic (exact) mass is 691 g/mol. The third kappa shape index (κ3) is 4.88. The molecule has 0 saturated heterocycles. The molecule has 0 radical (unpaired) electrons. The van der Waals surface area contributed by atoms with Crippen LogP contribution in [0, 0.1) is 0 Å². The van der Waals surface area contributed by atoms with Gasteiger partial charge in [0.05, 0.1) is 22.1 Å². The van der Waals surface area contributed by atoms with Gasteiger partial charge in [0.2, 0.25) is 0 Å². The lowest BCUT2D eigenvalue weighted by molar-refractivity contribution is 0.636. The van der Waals surface area contributed by atoms with Gasteiger partial charge in [0, 0.05) is 44.1 Å². The molecule has 1 aliphatic heterocycles. The van der Waals surface area contributed by atoms with Crippen molar-refractivity contribution in [1.29, 1.82) is 0 Å². The molecule has 254 valence electrons. The van der Waals surface area contributed by atoms with E-state index < -0.39 is 0 Å². The summed E-state index contributed by atoms with van der Waals surface area (Å²) in [6.07, 6.45) is -0.283. The maximum absolute atomic E-state index is 6.69. The Morgan fingerprint density at radius 2 is 1.07 bits per heavy atom. The molecule has 54 heavy (non-hydrogen) atoms. The molecule has 0 bridgehead atoms. The fourth-order valence-corrected chi connectivity index (χ4v) is 8.30. The van der Waals surface area contributed by atoms with E-state index in [1.807, 2.05) is 0 Å². The number of fused-ring (bicyclic) bond motifs is 7. The van der Waals surface area contributed by atoms with Gasteiger partial charge in [-0.25, -0.2) is 0 Å². The molecular weight excluding hydrogens is 659 g/mol.